The molecule has 13 heteroatoms. The van der Waals surface area contributed by atoms with E-state index in [0.717, 1.165) is 10.5 Å². The number of nitrogens with zero attached hydrogens (tertiary/aromatic N) is 2. The minimum atomic E-state index is -1.16. The van der Waals surface area contributed by atoms with Gasteiger partial charge in [-0.3, -0.25) is 24.2 Å². The van der Waals surface area contributed by atoms with Crippen LogP contribution < -0.4 is 20.7 Å². The van der Waals surface area contributed by atoms with Crippen LogP contribution in [0.1, 0.15) is 42.1 Å². The van der Waals surface area contributed by atoms with E-state index in [2.05, 4.69) is 20.9 Å². The van der Waals surface area contributed by atoms with Crippen molar-refractivity contribution in [1.82, 2.24) is 9.88 Å². The number of hydrogen-bond donors (Lipinski definition) is 5. The van der Waals surface area contributed by atoms with E-state index < -0.39 is 36.3 Å². The van der Waals surface area contributed by atoms with Crippen molar-refractivity contribution in [2.24, 2.45) is 0 Å². The van der Waals surface area contributed by atoms with Gasteiger partial charge in [-0.15, -0.1) is 0 Å². The topological polar surface area (TPSA) is 187 Å². The third-order valence-corrected chi connectivity index (χ3v) is 6.47. The van der Waals surface area contributed by atoms with Crippen LogP contribution in [-0.2, 0) is 25.6 Å². The van der Waals surface area contributed by atoms with E-state index in [9.17, 15) is 29.1 Å². The SMILES string of the molecule is COc1cc(CC(=O)Nc2ccc(C(CC(=O)O)N(C)C(=O)CCC(=O)O)nc2)ccc1NC(=O)Nc1ccccc1C. The van der Waals surface area contributed by atoms with Crippen molar-refractivity contribution in [3.8, 4) is 5.75 Å². The number of hydrogen-bond acceptors (Lipinski definition) is 7. The fourth-order valence-electron chi connectivity index (χ4n) is 4.17. The van der Waals surface area contributed by atoms with Crippen molar-refractivity contribution in [3.63, 3.8) is 0 Å². The molecular weight excluding hydrogens is 558 g/mol. The number of pyridine rings is 1. The predicted molar refractivity (Wildman–Crippen MR) is 158 cm³/mol. The molecule has 1 unspecified atom stereocenters. The normalized spacial score (nSPS) is 11.1. The van der Waals surface area contributed by atoms with Crippen LogP contribution in [0.3, 0.4) is 0 Å². The quantitative estimate of drug-likeness (QED) is 0.195. The molecule has 0 aliphatic rings. The van der Waals surface area contributed by atoms with Gasteiger partial charge in [-0.1, -0.05) is 24.3 Å². The van der Waals surface area contributed by atoms with Gasteiger partial charge in [0.1, 0.15) is 5.75 Å². The molecule has 0 fully saturated rings. The number of carbonyl (C=O) groups is 5. The lowest BCUT2D eigenvalue weighted by molar-refractivity contribution is -0.143. The average Bonchev–Trinajstić information content (AvgIpc) is 2.96. The number of amides is 4. The Bertz CT molecular complexity index is 1490. The molecule has 1 heterocycles. The van der Waals surface area contributed by atoms with Crippen molar-refractivity contribution < 1.29 is 38.9 Å². The molecule has 0 saturated carbocycles. The summed E-state index contributed by atoms with van der Waals surface area (Å²) in [5.74, 6) is -2.83. The molecule has 1 atom stereocenters. The number of aliphatic carboxylic acids is 2. The van der Waals surface area contributed by atoms with Crippen LogP contribution in [0.2, 0.25) is 0 Å². The third-order valence-electron chi connectivity index (χ3n) is 6.47. The summed E-state index contributed by atoms with van der Waals surface area (Å²) in [5.41, 5.74) is 3.23. The average molecular weight is 592 g/mol. The number of aromatic nitrogens is 1. The highest BCUT2D eigenvalue weighted by atomic mass is 16.5. The first-order valence-electron chi connectivity index (χ1n) is 13.2. The second-order valence-corrected chi connectivity index (χ2v) is 9.64. The number of para-hydroxylation sites is 1. The highest BCUT2D eigenvalue weighted by molar-refractivity contribution is 6.01. The van der Waals surface area contributed by atoms with Crippen LogP contribution >= 0.6 is 0 Å². The van der Waals surface area contributed by atoms with E-state index in [1.165, 1.54) is 32.5 Å². The number of methoxy groups -OCH3 is 1. The molecule has 0 spiro atoms. The zero-order valence-corrected chi connectivity index (χ0v) is 23.9. The second kappa shape index (κ2) is 15.0. The van der Waals surface area contributed by atoms with E-state index >= 15 is 0 Å². The maximum absolute atomic E-state index is 12.7. The molecule has 0 aliphatic carbocycles. The summed E-state index contributed by atoms with van der Waals surface area (Å²) in [7, 11) is 2.84. The molecule has 4 amide bonds. The number of carbonyl (C=O) groups excluding carboxylic acids is 3. The molecule has 13 nitrogen and oxygen atoms in total. The van der Waals surface area contributed by atoms with Crippen LogP contribution in [0.4, 0.5) is 21.9 Å². The third kappa shape index (κ3) is 9.56. The van der Waals surface area contributed by atoms with Gasteiger partial charge in [0, 0.05) is 19.2 Å². The number of benzene rings is 2. The fourth-order valence-corrected chi connectivity index (χ4v) is 4.17. The molecule has 3 rings (SSSR count). The Hall–Kier alpha value is -5.46. The Morgan fingerprint density at radius 1 is 0.907 bits per heavy atom. The number of carboxylic acid groups (broad SMARTS) is 2. The Labute approximate surface area is 247 Å². The highest BCUT2D eigenvalue weighted by Crippen LogP contribution is 2.27. The van der Waals surface area contributed by atoms with Gasteiger partial charge >= 0.3 is 18.0 Å². The van der Waals surface area contributed by atoms with Crippen LogP contribution in [0.5, 0.6) is 5.75 Å². The number of rotatable bonds is 13. The molecule has 0 bridgehead atoms. The van der Waals surface area contributed by atoms with E-state index in [1.54, 1.807) is 24.3 Å². The number of ether oxygens (including phenoxy) is 1. The van der Waals surface area contributed by atoms with E-state index in [0.29, 0.717) is 28.4 Å². The summed E-state index contributed by atoms with van der Waals surface area (Å²) in [6.45, 7) is 1.88. The summed E-state index contributed by atoms with van der Waals surface area (Å²) in [4.78, 5) is 65.2. The summed E-state index contributed by atoms with van der Waals surface area (Å²) in [6.07, 6.45) is 0.233. The molecule has 2 aromatic carbocycles. The van der Waals surface area contributed by atoms with Crippen molar-refractivity contribution in [1.29, 1.82) is 0 Å². The standard InChI is InChI=1S/C30H33N5O8/c1-18-6-4-5-7-21(18)33-30(42)34-23-10-8-19(14-25(23)43-3)15-26(36)32-20-9-11-22(31-17-20)24(16-29(40)41)35(2)27(37)12-13-28(38)39/h4-11,14,17,24H,12-13,15-16H2,1-3H3,(H,32,36)(H,38,39)(H,40,41)(H2,33,34,42). The van der Waals surface area contributed by atoms with Crippen LogP contribution in [0.15, 0.2) is 60.8 Å². The van der Waals surface area contributed by atoms with Crippen molar-refractivity contribution >= 4 is 46.8 Å². The minimum Gasteiger partial charge on any atom is -0.495 e. The van der Waals surface area contributed by atoms with E-state index in [4.69, 9.17) is 9.84 Å². The Morgan fingerprint density at radius 2 is 1.63 bits per heavy atom. The molecule has 1 aromatic heterocycles. The number of aryl methyl sites for hydroxylation is 1. The Balaban J connectivity index is 1.63. The smallest absolute Gasteiger partial charge is 0.323 e. The van der Waals surface area contributed by atoms with E-state index in [-0.39, 0.29) is 30.9 Å². The molecule has 0 saturated heterocycles. The fraction of sp³-hybridized carbons (Fsp3) is 0.267. The van der Waals surface area contributed by atoms with Crippen LogP contribution in [0.25, 0.3) is 0 Å². The first kappa shape index (κ1) is 32.1. The second-order valence-electron chi connectivity index (χ2n) is 9.64. The molecular formula is C30H33N5O8. The lowest BCUT2D eigenvalue weighted by atomic mass is 10.1. The van der Waals surface area contributed by atoms with Gasteiger partial charge < -0.3 is 35.8 Å². The van der Waals surface area contributed by atoms with Crippen LogP contribution in [-0.4, -0.2) is 64.0 Å². The maximum Gasteiger partial charge on any atom is 0.323 e. The van der Waals surface area contributed by atoms with Crippen molar-refractivity contribution in [2.75, 3.05) is 30.1 Å². The Morgan fingerprint density at radius 3 is 2.26 bits per heavy atom. The first-order chi connectivity index (χ1) is 20.5. The van der Waals surface area contributed by atoms with Gasteiger partial charge in [0.2, 0.25) is 11.8 Å². The monoisotopic (exact) mass is 591 g/mol. The maximum atomic E-state index is 12.7. The summed E-state index contributed by atoms with van der Waals surface area (Å²) >= 11 is 0. The lowest BCUT2D eigenvalue weighted by Gasteiger charge is -2.26. The zero-order valence-electron chi connectivity index (χ0n) is 23.9. The number of urea groups is 1. The molecule has 43 heavy (non-hydrogen) atoms. The van der Waals surface area contributed by atoms with Gasteiger partial charge in [-0.2, -0.15) is 0 Å². The minimum absolute atomic E-state index is 0.0176. The van der Waals surface area contributed by atoms with Crippen molar-refractivity contribution in [3.05, 3.63) is 77.6 Å². The number of carboxylic acids is 2. The lowest BCUT2D eigenvalue weighted by Crippen LogP contribution is -2.33. The number of nitrogens with one attached hydrogen (secondary N) is 3. The highest BCUT2D eigenvalue weighted by Gasteiger charge is 2.26. The predicted octanol–water partition coefficient (Wildman–Crippen LogP) is 4.06. The summed E-state index contributed by atoms with van der Waals surface area (Å²) in [5, 5.41) is 26.4. The molecule has 5 N–H and O–H groups in total. The molecule has 3 aromatic rings. The first-order valence-corrected chi connectivity index (χ1v) is 13.2. The molecule has 0 radical (unpaired) electrons. The summed E-state index contributed by atoms with van der Waals surface area (Å²) < 4.78 is 5.40. The largest absolute Gasteiger partial charge is 0.495 e. The molecule has 226 valence electrons. The number of anilines is 3. The van der Waals surface area contributed by atoms with Crippen LogP contribution in [0, 0.1) is 6.92 Å². The zero-order chi connectivity index (χ0) is 31.5. The van der Waals surface area contributed by atoms with Gasteiger partial charge in [0.05, 0.1) is 55.7 Å². The van der Waals surface area contributed by atoms with Crippen molar-refractivity contribution in [2.45, 2.75) is 38.6 Å². The van der Waals surface area contributed by atoms with Gasteiger partial charge in [-0.25, -0.2) is 4.79 Å². The van der Waals surface area contributed by atoms with E-state index in [1.807, 2.05) is 25.1 Å². The molecule has 0 aliphatic heterocycles. The van der Waals surface area contributed by atoms with Gasteiger partial charge in [-0.05, 0) is 48.4 Å². The van der Waals surface area contributed by atoms with Gasteiger partial charge in [0.25, 0.3) is 0 Å². The van der Waals surface area contributed by atoms with Gasteiger partial charge in [0.15, 0.2) is 0 Å². The summed E-state index contributed by atoms with van der Waals surface area (Å²) in [6, 6.07) is 14.0. The Kier molecular flexibility index (Phi) is 11.2.